The Morgan fingerprint density at radius 3 is 2.62 bits per heavy atom. The maximum Gasteiger partial charge on any atom is 0.0234 e. The van der Waals surface area contributed by atoms with Crippen molar-refractivity contribution in [1.29, 1.82) is 0 Å². The van der Waals surface area contributed by atoms with Gasteiger partial charge < -0.3 is 0 Å². The van der Waals surface area contributed by atoms with Gasteiger partial charge in [0.25, 0.3) is 0 Å². The van der Waals surface area contributed by atoms with Crippen LogP contribution in [0.15, 0.2) is 51.8 Å². The normalized spacial score (nSPS) is 13.8. The lowest BCUT2D eigenvalue weighted by Crippen LogP contribution is -1.91. The van der Waals surface area contributed by atoms with Crippen LogP contribution in [0.3, 0.4) is 0 Å². The number of hydrogen-bond acceptors (Lipinski definition) is 1. The third-order valence-electron chi connectivity index (χ3n) is 2.91. The van der Waals surface area contributed by atoms with Crippen LogP contribution >= 0.6 is 27.7 Å². The number of thioether (sulfide) groups is 1. The Labute approximate surface area is 108 Å². The van der Waals surface area contributed by atoms with Gasteiger partial charge in [0.15, 0.2) is 0 Å². The van der Waals surface area contributed by atoms with Crippen LogP contribution in [-0.4, -0.2) is 0 Å². The molecule has 0 fully saturated rings. The molecule has 1 heterocycles. The lowest BCUT2D eigenvalue weighted by molar-refractivity contribution is 1.12. The van der Waals surface area contributed by atoms with Crippen molar-refractivity contribution in [3.63, 3.8) is 0 Å². The van der Waals surface area contributed by atoms with Crippen molar-refractivity contribution in [3.05, 3.63) is 63.6 Å². The molecule has 0 nitrogen and oxygen atoms in total. The predicted octanol–water partition coefficient (Wildman–Crippen LogP) is 4.65. The van der Waals surface area contributed by atoms with E-state index < -0.39 is 0 Å². The lowest BCUT2D eigenvalue weighted by atomic mass is 10.0. The molecular weight excluding hydrogens is 280 g/mol. The zero-order valence-corrected chi connectivity index (χ0v) is 11.1. The number of rotatable bonds is 0. The summed E-state index contributed by atoms with van der Waals surface area (Å²) in [6.07, 6.45) is 1.06. The van der Waals surface area contributed by atoms with Gasteiger partial charge >= 0.3 is 0 Å². The molecule has 0 amide bonds. The van der Waals surface area contributed by atoms with E-state index >= 15 is 0 Å². The van der Waals surface area contributed by atoms with E-state index in [2.05, 4.69) is 58.4 Å². The molecule has 0 atom stereocenters. The SMILES string of the molecule is Brc1ccc2c(c1)SCc1ccccc1C2. The summed E-state index contributed by atoms with van der Waals surface area (Å²) in [6.45, 7) is 0. The van der Waals surface area contributed by atoms with E-state index in [1.165, 1.54) is 26.1 Å². The van der Waals surface area contributed by atoms with E-state index in [0.717, 1.165) is 12.2 Å². The van der Waals surface area contributed by atoms with Crippen molar-refractivity contribution in [3.8, 4) is 0 Å². The summed E-state index contributed by atoms with van der Waals surface area (Å²) in [5.41, 5.74) is 4.38. The summed E-state index contributed by atoms with van der Waals surface area (Å²) in [6, 6.07) is 15.3. The number of benzene rings is 2. The Balaban J connectivity index is 2.08. The van der Waals surface area contributed by atoms with Crippen LogP contribution in [0.1, 0.15) is 16.7 Å². The fourth-order valence-corrected chi connectivity index (χ4v) is 3.68. The van der Waals surface area contributed by atoms with E-state index in [0.29, 0.717) is 0 Å². The van der Waals surface area contributed by atoms with Gasteiger partial charge in [0.05, 0.1) is 0 Å². The summed E-state index contributed by atoms with van der Waals surface area (Å²) in [4.78, 5) is 1.41. The van der Waals surface area contributed by atoms with Crippen molar-refractivity contribution in [2.75, 3.05) is 0 Å². The van der Waals surface area contributed by atoms with E-state index in [-0.39, 0.29) is 0 Å². The van der Waals surface area contributed by atoms with E-state index in [1.807, 2.05) is 11.8 Å². The highest BCUT2D eigenvalue weighted by molar-refractivity contribution is 9.10. The van der Waals surface area contributed by atoms with Crippen molar-refractivity contribution in [2.24, 2.45) is 0 Å². The third-order valence-corrected chi connectivity index (χ3v) is 4.55. The first-order chi connectivity index (χ1) is 7.83. The van der Waals surface area contributed by atoms with E-state index in [1.54, 1.807) is 0 Å². The first-order valence-electron chi connectivity index (χ1n) is 5.31. The fraction of sp³-hybridized carbons (Fsp3) is 0.143. The van der Waals surface area contributed by atoms with Gasteiger partial charge in [0.1, 0.15) is 0 Å². The largest absolute Gasteiger partial charge is 0.121 e. The topological polar surface area (TPSA) is 0 Å². The van der Waals surface area contributed by atoms with Gasteiger partial charge in [-0.2, -0.15) is 0 Å². The molecule has 0 aromatic heterocycles. The van der Waals surface area contributed by atoms with Crippen LogP contribution in [0.5, 0.6) is 0 Å². The van der Waals surface area contributed by atoms with Crippen molar-refractivity contribution in [1.82, 2.24) is 0 Å². The third kappa shape index (κ3) is 1.92. The highest BCUT2D eigenvalue weighted by Crippen LogP contribution is 2.35. The lowest BCUT2D eigenvalue weighted by Gasteiger charge is -2.05. The van der Waals surface area contributed by atoms with Crippen LogP contribution < -0.4 is 0 Å². The molecular formula is C14H11BrS. The van der Waals surface area contributed by atoms with Gasteiger partial charge in [0.2, 0.25) is 0 Å². The van der Waals surface area contributed by atoms with Crippen LogP contribution in [0.2, 0.25) is 0 Å². The smallest absolute Gasteiger partial charge is 0.0234 e. The number of fused-ring (bicyclic) bond motifs is 2. The molecule has 0 unspecified atom stereocenters. The molecule has 2 aromatic carbocycles. The molecule has 0 N–H and O–H groups in total. The van der Waals surface area contributed by atoms with Crippen molar-refractivity contribution >= 4 is 27.7 Å². The first kappa shape index (κ1) is 10.4. The second-order valence-electron chi connectivity index (χ2n) is 3.99. The zero-order valence-electron chi connectivity index (χ0n) is 8.74. The molecule has 1 aliphatic heterocycles. The molecule has 3 rings (SSSR count). The van der Waals surface area contributed by atoms with Crippen LogP contribution in [-0.2, 0) is 12.2 Å². The molecule has 80 valence electrons. The zero-order chi connectivity index (χ0) is 11.0. The predicted molar refractivity (Wildman–Crippen MR) is 73.0 cm³/mol. The molecule has 0 radical (unpaired) electrons. The monoisotopic (exact) mass is 290 g/mol. The molecule has 2 aromatic rings. The molecule has 0 spiro atoms. The van der Waals surface area contributed by atoms with Gasteiger partial charge in [-0.3, -0.25) is 0 Å². The Bertz CT molecular complexity index is 534. The number of halogens is 1. The summed E-state index contributed by atoms with van der Waals surface area (Å²) in [5.74, 6) is 1.08. The Morgan fingerprint density at radius 2 is 1.75 bits per heavy atom. The quantitative estimate of drug-likeness (QED) is 0.681. The van der Waals surface area contributed by atoms with Gasteiger partial charge in [-0.05, 0) is 35.2 Å². The Kier molecular flexibility index (Phi) is 2.78. The maximum absolute atomic E-state index is 3.54. The molecule has 0 saturated carbocycles. The summed E-state index contributed by atoms with van der Waals surface area (Å²) < 4.78 is 1.17. The summed E-state index contributed by atoms with van der Waals surface area (Å²) in [5, 5.41) is 0. The van der Waals surface area contributed by atoms with Gasteiger partial charge in [0, 0.05) is 15.1 Å². The first-order valence-corrected chi connectivity index (χ1v) is 7.09. The summed E-state index contributed by atoms with van der Waals surface area (Å²) >= 11 is 5.47. The Hall–Kier alpha value is -0.730. The molecule has 0 saturated heterocycles. The maximum atomic E-state index is 3.54. The molecule has 16 heavy (non-hydrogen) atoms. The minimum Gasteiger partial charge on any atom is -0.121 e. The Morgan fingerprint density at radius 1 is 0.938 bits per heavy atom. The molecule has 2 heteroatoms. The summed E-state index contributed by atoms with van der Waals surface area (Å²) in [7, 11) is 0. The van der Waals surface area contributed by atoms with Crippen molar-refractivity contribution in [2.45, 2.75) is 17.1 Å². The molecule has 1 aliphatic rings. The fourth-order valence-electron chi connectivity index (χ4n) is 2.04. The van der Waals surface area contributed by atoms with E-state index in [9.17, 15) is 0 Å². The van der Waals surface area contributed by atoms with Crippen molar-refractivity contribution < 1.29 is 0 Å². The minimum absolute atomic E-state index is 1.06. The standard InChI is InChI=1S/C14H11BrS/c15-13-6-5-11-7-10-3-1-2-4-12(10)9-16-14(11)8-13/h1-6,8H,7,9H2. The van der Waals surface area contributed by atoms with Gasteiger partial charge in [-0.25, -0.2) is 0 Å². The average Bonchev–Trinajstić information content (AvgIpc) is 2.48. The van der Waals surface area contributed by atoms with Crippen LogP contribution in [0.25, 0.3) is 0 Å². The van der Waals surface area contributed by atoms with Crippen LogP contribution in [0, 0.1) is 0 Å². The molecule has 0 aliphatic carbocycles. The number of hydrogen-bond donors (Lipinski definition) is 0. The second kappa shape index (κ2) is 4.27. The highest BCUT2D eigenvalue weighted by Gasteiger charge is 2.12. The van der Waals surface area contributed by atoms with Gasteiger partial charge in [-0.15, -0.1) is 11.8 Å². The minimum atomic E-state index is 1.06. The second-order valence-corrected chi connectivity index (χ2v) is 5.92. The average molecular weight is 291 g/mol. The molecule has 0 bridgehead atoms. The highest BCUT2D eigenvalue weighted by atomic mass is 79.9. The van der Waals surface area contributed by atoms with Gasteiger partial charge in [-0.1, -0.05) is 46.3 Å². The van der Waals surface area contributed by atoms with Crippen LogP contribution in [0.4, 0.5) is 0 Å². The van der Waals surface area contributed by atoms with E-state index in [4.69, 9.17) is 0 Å².